The first-order chi connectivity index (χ1) is 15.1. The minimum absolute atomic E-state index is 0.217. The fourth-order valence-electron chi connectivity index (χ4n) is 4.32. The average molecular weight is 420 g/mol. The van der Waals surface area contributed by atoms with Crippen molar-refractivity contribution in [3.8, 4) is 0 Å². The molecule has 0 saturated carbocycles. The summed E-state index contributed by atoms with van der Waals surface area (Å²) in [6, 6.07) is 19.4. The number of para-hydroxylation sites is 1. The van der Waals surface area contributed by atoms with E-state index in [1.807, 2.05) is 36.4 Å². The third-order valence-corrected chi connectivity index (χ3v) is 6.00. The Bertz CT molecular complexity index is 932. The lowest BCUT2D eigenvalue weighted by molar-refractivity contribution is -0.119. The van der Waals surface area contributed by atoms with Gasteiger partial charge in [-0.15, -0.1) is 0 Å². The van der Waals surface area contributed by atoms with Crippen molar-refractivity contribution in [1.29, 1.82) is 0 Å². The molecule has 162 valence electrons. The standard InChI is InChI=1S/C24H29N5O2/c25-23(30)22-15-21(27-29(22)19-11-5-2-6-12-19)24(31)26-16-20-13-7-8-14-28(20)17-18-9-3-1-4-10-18/h1-6,9-12,20,22H,7-8,13-17H2,(H2,25,30)(H,26,31)/t20-,22+/m0/s1. The molecule has 0 radical (unpaired) electrons. The van der Waals surface area contributed by atoms with Gasteiger partial charge in [-0.05, 0) is 37.1 Å². The second-order valence-electron chi connectivity index (χ2n) is 8.16. The van der Waals surface area contributed by atoms with Gasteiger partial charge in [0.05, 0.1) is 5.69 Å². The van der Waals surface area contributed by atoms with E-state index in [1.165, 1.54) is 12.0 Å². The number of hydrazone groups is 1. The monoisotopic (exact) mass is 419 g/mol. The minimum Gasteiger partial charge on any atom is -0.368 e. The van der Waals surface area contributed by atoms with Gasteiger partial charge in [0.1, 0.15) is 11.8 Å². The molecule has 4 rings (SSSR count). The van der Waals surface area contributed by atoms with Crippen molar-refractivity contribution in [2.75, 3.05) is 18.1 Å². The Morgan fingerprint density at radius 2 is 1.74 bits per heavy atom. The van der Waals surface area contributed by atoms with Crippen molar-refractivity contribution in [3.63, 3.8) is 0 Å². The van der Waals surface area contributed by atoms with Gasteiger partial charge < -0.3 is 11.1 Å². The molecule has 2 aliphatic rings. The molecule has 0 aliphatic carbocycles. The highest BCUT2D eigenvalue weighted by atomic mass is 16.2. The summed E-state index contributed by atoms with van der Waals surface area (Å²) in [5.41, 5.74) is 7.95. The van der Waals surface area contributed by atoms with Gasteiger partial charge in [-0.3, -0.25) is 19.5 Å². The summed E-state index contributed by atoms with van der Waals surface area (Å²) in [5, 5.41) is 9.04. The number of primary amides is 1. The Kier molecular flexibility index (Phi) is 6.62. The molecule has 7 heteroatoms. The van der Waals surface area contributed by atoms with Gasteiger partial charge in [-0.1, -0.05) is 55.0 Å². The van der Waals surface area contributed by atoms with Gasteiger partial charge in [0.25, 0.3) is 5.91 Å². The number of nitrogens with two attached hydrogens (primary N) is 1. The Labute approximate surface area is 182 Å². The summed E-state index contributed by atoms with van der Waals surface area (Å²) in [6.07, 6.45) is 3.61. The fraction of sp³-hybridized carbons (Fsp3) is 0.375. The molecule has 2 aliphatic heterocycles. The molecule has 0 spiro atoms. The molecule has 2 heterocycles. The maximum absolute atomic E-state index is 12.9. The van der Waals surface area contributed by atoms with Crippen LogP contribution in [0.2, 0.25) is 0 Å². The maximum Gasteiger partial charge on any atom is 0.267 e. The Morgan fingerprint density at radius 3 is 2.45 bits per heavy atom. The molecule has 3 N–H and O–H groups in total. The zero-order valence-corrected chi connectivity index (χ0v) is 17.6. The topological polar surface area (TPSA) is 91.0 Å². The number of benzene rings is 2. The van der Waals surface area contributed by atoms with E-state index in [-0.39, 0.29) is 18.4 Å². The van der Waals surface area contributed by atoms with Crippen LogP contribution in [0, 0.1) is 0 Å². The van der Waals surface area contributed by atoms with Crippen LogP contribution in [-0.2, 0) is 16.1 Å². The molecule has 0 unspecified atom stereocenters. The van der Waals surface area contributed by atoms with Gasteiger partial charge in [0, 0.05) is 25.6 Å². The zero-order valence-electron chi connectivity index (χ0n) is 17.6. The first-order valence-electron chi connectivity index (χ1n) is 10.9. The van der Waals surface area contributed by atoms with Gasteiger partial charge in [0.2, 0.25) is 5.91 Å². The number of nitrogens with one attached hydrogen (secondary N) is 1. The third-order valence-electron chi connectivity index (χ3n) is 6.00. The van der Waals surface area contributed by atoms with Crippen LogP contribution in [0.15, 0.2) is 65.8 Å². The predicted molar refractivity (Wildman–Crippen MR) is 121 cm³/mol. The summed E-state index contributed by atoms with van der Waals surface area (Å²) < 4.78 is 0. The highest BCUT2D eigenvalue weighted by Crippen LogP contribution is 2.24. The number of carbonyl (C=O) groups is 2. The van der Waals surface area contributed by atoms with Gasteiger partial charge >= 0.3 is 0 Å². The summed E-state index contributed by atoms with van der Waals surface area (Å²) in [4.78, 5) is 27.2. The van der Waals surface area contributed by atoms with Gasteiger partial charge in [0.15, 0.2) is 0 Å². The van der Waals surface area contributed by atoms with Crippen LogP contribution in [0.1, 0.15) is 31.2 Å². The Hall–Kier alpha value is -3.19. The largest absolute Gasteiger partial charge is 0.368 e. The van der Waals surface area contributed by atoms with Crippen molar-refractivity contribution in [1.82, 2.24) is 10.2 Å². The highest BCUT2D eigenvalue weighted by Gasteiger charge is 2.35. The predicted octanol–water partition coefficient (Wildman–Crippen LogP) is 2.28. The van der Waals surface area contributed by atoms with E-state index in [1.54, 1.807) is 5.01 Å². The van der Waals surface area contributed by atoms with Gasteiger partial charge in [-0.2, -0.15) is 5.10 Å². The second kappa shape index (κ2) is 9.75. The third kappa shape index (κ3) is 5.11. The molecular formula is C24H29N5O2. The summed E-state index contributed by atoms with van der Waals surface area (Å²) >= 11 is 0. The van der Waals surface area contributed by atoms with Crippen molar-refractivity contribution >= 4 is 23.2 Å². The number of carbonyl (C=O) groups excluding carboxylic acids is 2. The molecule has 2 atom stereocenters. The van der Waals surface area contributed by atoms with E-state index < -0.39 is 11.9 Å². The van der Waals surface area contributed by atoms with Gasteiger partial charge in [-0.25, -0.2) is 0 Å². The SMILES string of the molecule is NC(=O)[C@H]1CC(C(=O)NC[C@@H]2CCCCN2Cc2ccccc2)=NN1c1ccccc1. The van der Waals surface area contributed by atoms with E-state index in [0.29, 0.717) is 12.3 Å². The number of piperidine rings is 1. The molecule has 1 saturated heterocycles. The molecule has 31 heavy (non-hydrogen) atoms. The second-order valence-corrected chi connectivity index (χ2v) is 8.16. The van der Waals surface area contributed by atoms with Crippen LogP contribution in [0.3, 0.4) is 0 Å². The number of amides is 2. The quantitative estimate of drug-likeness (QED) is 0.720. The molecule has 7 nitrogen and oxygen atoms in total. The fourth-order valence-corrected chi connectivity index (χ4v) is 4.32. The van der Waals surface area contributed by atoms with Crippen molar-refractivity contribution in [2.45, 2.75) is 44.3 Å². The highest BCUT2D eigenvalue weighted by molar-refractivity contribution is 6.40. The van der Waals surface area contributed by atoms with E-state index >= 15 is 0 Å². The molecule has 2 aromatic rings. The Morgan fingerprint density at radius 1 is 1.03 bits per heavy atom. The van der Waals surface area contributed by atoms with Crippen molar-refractivity contribution in [3.05, 3.63) is 66.2 Å². The number of hydrogen-bond acceptors (Lipinski definition) is 5. The van der Waals surface area contributed by atoms with Crippen molar-refractivity contribution < 1.29 is 9.59 Å². The first-order valence-corrected chi connectivity index (χ1v) is 10.9. The van der Waals surface area contributed by atoms with Crippen LogP contribution >= 0.6 is 0 Å². The van der Waals surface area contributed by atoms with Crippen LogP contribution in [0.5, 0.6) is 0 Å². The lowest BCUT2D eigenvalue weighted by Gasteiger charge is -2.35. The van der Waals surface area contributed by atoms with Crippen LogP contribution in [0.25, 0.3) is 0 Å². The lowest BCUT2D eigenvalue weighted by atomic mass is 10.0. The average Bonchev–Trinajstić information content (AvgIpc) is 3.26. The molecule has 0 bridgehead atoms. The molecular weight excluding hydrogens is 390 g/mol. The molecule has 1 fully saturated rings. The van der Waals surface area contributed by atoms with E-state index in [4.69, 9.17) is 5.73 Å². The normalized spacial score (nSPS) is 21.5. The van der Waals surface area contributed by atoms with Crippen LogP contribution < -0.4 is 16.1 Å². The van der Waals surface area contributed by atoms with E-state index in [9.17, 15) is 9.59 Å². The first kappa shape index (κ1) is 21.1. The molecule has 2 aromatic carbocycles. The summed E-state index contributed by atoms with van der Waals surface area (Å²) in [5.74, 6) is -0.716. The number of hydrogen-bond donors (Lipinski definition) is 2. The molecule has 0 aromatic heterocycles. The van der Waals surface area contributed by atoms with Crippen LogP contribution in [0.4, 0.5) is 5.69 Å². The number of likely N-dealkylation sites (tertiary alicyclic amines) is 1. The summed E-state index contributed by atoms with van der Waals surface area (Å²) in [6.45, 7) is 2.48. The van der Waals surface area contributed by atoms with E-state index in [0.717, 1.165) is 31.6 Å². The van der Waals surface area contributed by atoms with E-state index in [2.05, 4.69) is 39.6 Å². The van der Waals surface area contributed by atoms with Crippen LogP contribution in [-0.4, -0.2) is 47.6 Å². The van der Waals surface area contributed by atoms with Crippen molar-refractivity contribution in [2.24, 2.45) is 10.8 Å². The number of anilines is 1. The lowest BCUT2D eigenvalue weighted by Crippen LogP contribution is -2.47. The zero-order chi connectivity index (χ0) is 21.6. The Balaban J connectivity index is 1.39. The maximum atomic E-state index is 12.9. The molecule has 2 amide bonds. The smallest absolute Gasteiger partial charge is 0.267 e. The summed E-state index contributed by atoms with van der Waals surface area (Å²) in [7, 11) is 0. The minimum atomic E-state index is -0.646. The number of nitrogens with zero attached hydrogens (tertiary/aromatic N) is 3. The number of rotatable bonds is 7.